The summed E-state index contributed by atoms with van der Waals surface area (Å²) in [7, 11) is 1.68. The first-order chi connectivity index (χ1) is 8.47. The molecule has 6 nitrogen and oxygen atoms in total. The number of hydrogen-bond acceptors (Lipinski definition) is 4. The van der Waals surface area contributed by atoms with Crippen LogP contribution in [0.25, 0.3) is 0 Å². The average molecular weight is 331 g/mol. The highest BCUT2D eigenvalue weighted by Gasteiger charge is 2.15. The van der Waals surface area contributed by atoms with Crippen LogP contribution in [0.3, 0.4) is 0 Å². The second-order valence-electron chi connectivity index (χ2n) is 3.55. The fourth-order valence-electron chi connectivity index (χ4n) is 1.38. The van der Waals surface area contributed by atoms with E-state index in [0.29, 0.717) is 15.8 Å². The summed E-state index contributed by atoms with van der Waals surface area (Å²) in [4.78, 5) is 15.8. The van der Waals surface area contributed by atoms with Gasteiger partial charge in [0, 0.05) is 23.9 Å². The first-order valence-electron chi connectivity index (χ1n) is 4.89. The maximum absolute atomic E-state index is 11.9. The SMILES string of the molecule is Cn1cc(N)c(C(=O)Nc2cc(Br)cnc2Cl)n1. The number of carbonyl (C=O) groups is 1. The number of amides is 1. The number of pyridine rings is 1. The van der Waals surface area contributed by atoms with Crippen LogP contribution in [0.4, 0.5) is 11.4 Å². The molecule has 0 aliphatic carbocycles. The molecule has 0 saturated carbocycles. The van der Waals surface area contributed by atoms with Crippen LogP contribution in [0, 0.1) is 0 Å². The van der Waals surface area contributed by atoms with Gasteiger partial charge in [-0.3, -0.25) is 9.48 Å². The molecule has 0 radical (unpaired) electrons. The molecule has 2 heterocycles. The van der Waals surface area contributed by atoms with Gasteiger partial charge in [0.05, 0.1) is 11.4 Å². The van der Waals surface area contributed by atoms with Crippen LogP contribution >= 0.6 is 27.5 Å². The maximum Gasteiger partial charge on any atom is 0.278 e. The normalized spacial score (nSPS) is 10.4. The maximum atomic E-state index is 11.9. The molecule has 0 bridgehead atoms. The zero-order valence-electron chi connectivity index (χ0n) is 9.32. The molecule has 1 amide bonds. The Balaban J connectivity index is 2.26. The van der Waals surface area contributed by atoms with E-state index in [0.717, 1.165) is 0 Å². The first-order valence-corrected chi connectivity index (χ1v) is 6.06. The summed E-state index contributed by atoms with van der Waals surface area (Å²) in [6.45, 7) is 0. The lowest BCUT2D eigenvalue weighted by Gasteiger charge is -2.05. The highest BCUT2D eigenvalue weighted by Crippen LogP contribution is 2.23. The van der Waals surface area contributed by atoms with Gasteiger partial charge in [0.1, 0.15) is 0 Å². The van der Waals surface area contributed by atoms with Gasteiger partial charge in [-0.25, -0.2) is 4.98 Å². The van der Waals surface area contributed by atoms with Gasteiger partial charge >= 0.3 is 0 Å². The lowest BCUT2D eigenvalue weighted by Crippen LogP contribution is -2.15. The zero-order valence-corrected chi connectivity index (χ0v) is 11.7. The van der Waals surface area contributed by atoms with Gasteiger partial charge in [0.15, 0.2) is 10.8 Å². The summed E-state index contributed by atoms with van der Waals surface area (Å²) in [5.41, 5.74) is 6.50. The van der Waals surface area contributed by atoms with Crippen molar-refractivity contribution in [3.05, 3.63) is 33.8 Å². The molecule has 2 rings (SSSR count). The predicted octanol–water partition coefficient (Wildman–Crippen LogP) is 2.07. The number of aryl methyl sites for hydroxylation is 1. The lowest BCUT2D eigenvalue weighted by molar-refractivity contribution is 0.102. The molecule has 2 aromatic heterocycles. The number of nitrogens with two attached hydrogens (primary N) is 1. The Bertz CT molecular complexity index is 612. The monoisotopic (exact) mass is 329 g/mol. The van der Waals surface area contributed by atoms with Gasteiger partial charge in [-0.2, -0.15) is 5.10 Å². The second-order valence-corrected chi connectivity index (χ2v) is 4.83. The quantitative estimate of drug-likeness (QED) is 0.825. The van der Waals surface area contributed by atoms with E-state index in [4.69, 9.17) is 17.3 Å². The molecule has 0 aliphatic rings. The summed E-state index contributed by atoms with van der Waals surface area (Å²) in [6, 6.07) is 1.65. The van der Waals surface area contributed by atoms with Crippen molar-refractivity contribution in [2.45, 2.75) is 0 Å². The molecule has 3 N–H and O–H groups in total. The fraction of sp³-hybridized carbons (Fsp3) is 0.100. The summed E-state index contributed by atoms with van der Waals surface area (Å²) in [6.07, 6.45) is 3.09. The average Bonchev–Trinajstić information content (AvgIpc) is 2.63. The third-order valence-corrected chi connectivity index (χ3v) is 2.86. The lowest BCUT2D eigenvalue weighted by atomic mass is 10.3. The molecule has 0 unspecified atom stereocenters. The highest BCUT2D eigenvalue weighted by molar-refractivity contribution is 9.10. The molecule has 0 atom stereocenters. The van der Waals surface area contributed by atoms with E-state index < -0.39 is 5.91 Å². The minimum absolute atomic E-state index is 0.147. The molecular weight excluding hydrogens is 322 g/mol. The van der Waals surface area contributed by atoms with E-state index in [-0.39, 0.29) is 10.8 Å². The Kier molecular flexibility index (Phi) is 3.53. The summed E-state index contributed by atoms with van der Waals surface area (Å²) >= 11 is 9.11. The minimum Gasteiger partial charge on any atom is -0.396 e. The zero-order chi connectivity index (χ0) is 13.3. The molecule has 0 saturated heterocycles. The van der Waals surface area contributed by atoms with Gasteiger partial charge in [0.25, 0.3) is 5.91 Å². The Hall–Kier alpha value is -1.60. The molecule has 8 heteroatoms. The molecule has 94 valence electrons. The van der Waals surface area contributed by atoms with Crippen molar-refractivity contribution < 1.29 is 4.79 Å². The third-order valence-electron chi connectivity index (χ3n) is 2.13. The Morgan fingerprint density at radius 3 is 2.94 bits per heavy atom. The minimum atomic E-state index is -0.435. The Morgan fingerprint density at radius 2 is 2.33 bits per heavy atom. The topological polar surface area (TPSA) is 85.8 Å². The molecular formula is C10H9BrClN5O. The molecule has 0 aromatic carbocycles. The van der Waals surface area contributed by atoms with Crippen molar-refractivity contribution in [1.29, 1.82) is 0 Å². The van der Waals surface area contributed by atoms with Gasteiger partial charge in [-0.1, -0.05) is 11.6 Å². The second kappa shape index (κ2) is 4.95. The van der Waals surface area contributed by atoms with E-state index in [9.17, 15) is 4.79 Å². The Morgan fingerprint density at radius 1 is 1.61 bits per heavy atom. The molecule has 2 aromatic rings. The summed E-state index contributed by atoms with van der Waals surface area (Å²) in [5, 5.41) is 6.76. The molecule has 0 spiro atoms. The number of nitrogens with zero attached hydrogens (tertiary/aromatic N) is 3. The third kappa shape index (κ3) is 2.62. The van der Waals surface area contributed by atoms with Gasteiger partial charge in [0.2, 0.25) is 0 Å². The fourth-order valence-corrected chi connectivity index (χ4v) is 1.86. The van der Waals surface area contributed by atoms with Crippen molar-refractivity contribution in [1.82, 2.24) is 14.8 Å². The van der Waals surface area contributed by atoms with Gasteiger partial charge in [-0.05, 0) is 22.0 Å². The number of hydrogen-bond donors (Lipinski definition) is 2. The molecule has 0 aliphatic heterocycles. The van der Waals surface area contributed by atoms with Crippen molar-refractivity contribution in [3.63, 3.8) is 0 Å². The van der Waals surface area contributed by atoms with Crippen LogP contribution in [0.1, 0.15) is 10.5 Å². The number of halogens is 2. The Labute approximate surface area is 116 Å². The van der Waals surface area contributed by atoms with Gasteiger partial charge < -0.3 is 11.1 Å². The largest absolute Gasteiger partial charge is 0.396 e. The van der Waals surface area contributed by atoms with Crippen molar-refractivity contribution in [2.75, 3.05) is 11.1 Å². The number of carbonyl (C=O) groups excluding carboxylic acids is 1. The number of anilines is 2. The van der Waals surface area contributed by atoms with Crippen LogP contribution in [0.15, 0.2) is 22.9 Å². The van der Waals surface area contributed by atoms with E-state index in [1.54, 1.807) is 19.3 Å². The van der Waals surface area contributed by atoms with Crippen LogP contribution < -0.4 is 11.1 Å². The van der Waals surface area contributed by atoms with E-state index in [1.165, 1.54) is 10.9 Å². The van der Waals surface area contributed by atoms with Crippen LogP contribution in [0.2, 0.25) is 5.15 Å². The van der Waals surface area contributed by atoms with Crippen molar-refractivity contribution in [3.8, 4) is 0 Å². The molecule has 0 fully saturated rings. The number of nitrogen functional groups attached to an aromatic ring is 1. The molecule has 18 heavy (non-hydrogen) atoms. The highest BCUT2D eigenvalue weighted by atomic mass is 79.9. The van der Waals surface area contributed by atoms with Crippen LogP contribution in [-0.2, 0) is 7.05 Å². The summed E-state index contributed by atoms with van der Waals surface area (Å²) in [5.74, 6) is -0.435. The standard InChI is InChI=1S/C10H9BrClN5O/c1-17-4-6(13)8(16-17)10(18)15-7-2-5(11)3-14-9(7)12/h2-4H,13H2,1H3,(H,15,18). The number of aromatic nitrogens is 3. The first kappa shape index (κ1) is 12.8. The number of nitrogens with one attached hydrogen (secondary N) is 1. The number of rotatable bonds is 2. The van der Waals surface area contributed by atoms with Crippen molar-refractivity contribution in [2.24, 2.45) is 7.05 Å². The van der Waals surface area contributed by atoms with Crippen molar-refractivity contribution >= 4 is 44.8 Å². The van der Waals surface area contributed by atoms with Crippen LogP contribution in [-0.4, -0.2) is 20.7 Å². The smallest absolute Gasteiger partial charge is 0.278 e. The predicted molar refractivity (Wildman–Crippen MR) is 72.5 cm³/mol. The van der Waals surface area contributed by atoms with Crippen LogP contribution in [0.5, 0.6) is 0 Å². The van der Waals surface area contributed by atoms with E-state index >= 15 is 0 Å². The van der Waals surface area contributed by atoms with E-state index in [2.05, 4.69) is 31.3 Å². The summed E-state index contributed by atoms with van der Waals surface area (Å²) < 4.78 is 2.17. The van der Waals surface area contributed by atoms with E-state index in [1.807, 2.05) is 0 Å². The van der Waals surface area contributed by atoms with Gasteiger partial charge in [-0.15, -0.1) is 0 Å².